The summed E-state index contributed by atoms with van der Waals surface area (Å²) in [6.07, 6.45) is 8.08. The smallest absolute Gasteiger partial charge is 0.276 e. The van der Waals surface area contributed by atoms with Crippen LogP contribution in [0.2, 0.25) is 0 Å². The molecule has 2 aliphatic rings. The van der Waals surface area contributed by atoms with E-state index in [0.717, 1.165) is 31.6 Å². The quantitative estimate of drug-likeness (QED) is 0.858. The molecule has 1 aliphatic heterocycles. The van der Waals surface area contributed by atoms with Crippen LogP contribution in [-0.2, 0) is 6.42 Å². The summed E-state index contributed by atoms with van der Waals surface area (Å²) in [6.45, 7) is 0.755. The Morgan fingerprint density at radius 3 is 2.77 bits per heavy atom. The van der Waals surface area contributed by atoms with E-state index in [1.807, 2.05) is 17.0 Å². The number of aromatic nitrogens is 3. The summed E-state index contributed by atoms with van der Waals surface area (Å²) in [5.41, 5.74) is 4.65. The van der Waals surface area contributed by atoms with E-state index in [1.165, 1.54) is 36.6 Å². The SMILES string of the molecule is COc1ccc(C[C@@H]2C3=C(CCCC3)CCN2C(=O)c2cn[nH]n2)cc1. The lowest BCUT2D eigenvalue weighted by Crippen LogP contribution is -2.47. The largest absolute Gasteiger partial charge is 0.497 e. The van der Waals surface area contributed by atoms with Gasteiger partial charge in [0.2, 0.25) is 0 Å². The van der Waals surface area contributed by atoms with Crippen molar-refractivity contribution in [1.82, 2.24) is 20.3 Å². The molecule has 1 aromatic carbocycles. The fourth-order valence-electron chi connectivity index (χ4n) is 4.19. The van der Waals surface area contributed by atoms with Crippen LogP contribution in [0.15, 0.2) is 41.6 Å². The number of methoxy groups -OCH3 is 1. The molecule has 136 valence electrons. The molecule has 1 aromatic heterocycles. The second-order valence-corrected chi connectivity index (χ2v) is 7.01. The highest BCUT2D eigenvalue weighted by molar-refractivity contribution is 5.92. The lowest BCUT2D eigenvalue weighted by molar-refractivity contribution is 0.0679. The molecule has 2 heterocycles. The highest BCUT2D eigenvalue weighted by Crippen LogP contribution is 2.36. The van der Waals surface area contributed by atoms with Crippen LogP contribution in [0.4, 0.5) is 0 Å². The maximum atomic E-state index is 13.0. The first-order chi connectivity index (χ1) is 12.8. The van der Waals surface area contributed by atoms with Crippen molar-refractivity contribution in [3.05, 3.63) is 52.9 Å². The molecule has 1 aliphatic carbocycles. The summed E-state index contributed by atoms with van der Waals surface area (Å²) in [7, 11) is 1.67. The van der Waals surface area contributed by atoms with Gasteiger partial charge in [0.25, 0.3) is 5.91 Å². The second kappa shape index (κ2) is 7.32. The number of rotatable bonds is 4. The van der Waals surface area contributed by atoms with Crippen molar-refractivity contribution >= 4 is 5.91 Å². The van der Waals surface area contributed by atoms with Gasteiger partial charge in [-0.2, -0.15) is 15.4 Å². The van der Waals surface area contributed by atoms with Crippen LogP contribution < -0.4 is 4.74 Å². The molecule has 0 spiro atoms. The Hall–Kier alpha value is -2.63. The van der Waals surface area contributed by atoms with E-state index in [-0.39, 0.29) is 11.9 Å². The van der Waals surface area contributed by atoms with E-state index in [0.29, 0.717) is 5.69 Å². The summed E-state index contributed by atoms with van der Waals surface area (Å²) in [6, 6.07) is 8.26. The van der Waals surface area contributed by atoms with Gasteiger partial charge >= 0.3 is 0 Å². The Kier molecular flexibility index (Phi) is 4.73. The summed E-state index contributed by atoms with van der Waals surface area (Å²) in [5, 5.41) is 10.3. The van der Waals surface area contributed by atoms with Gasteiger partial charge < -0.3 is 9.64 Å². The average Bonchev–Trinajstić information content (AvgIpc) is 3.23. The van der Waals surface area contributed by atoms with Gasteiger partial charge in [0.05, 0.1) is 19.3 Å². The first kappa shape index (κ1) is 16.8. The zero-order valence-electron chi connectivity index (χ0n) is 15.1. The lowest BCUT2D eigenvalue weighted by atomic mass is 9.80. The number of aromatic amines is 1. The predicted molar refractivity (Wildman–Crippen MR) is 98.0 cm³/mol. The monoisotopic (exact) mass is 352 g/mol. The first-order valence-electron chi connectivity index (χ1n) is 9.26. The Balaban J connectivity index is 1.64. The van der Waals surface area contributed by atoms with Crippen molar-refractivity contribution in [2.45, 2.75) is 44.6 Å². The van der Waals surface area contributed by atoms with Crippen LogP contribution in [0.1, 0.15) is 48.2 Å². The molecule has 0 unspecified atom stereocenters. The molecular weight excluding hydrogens is 328 g/mol. The molecule has 6 heteroatoms. The normalized spacial score (nSPS) is 20.0. The lowest BCUT2D eigenvalue weighted by Gasteiger charge is -2.40. The maximum absolute atomic E-state index is 13.0. The van der Waals surface area contributed by atoms with Gasteiger partial charge in [-0.25, -0.2) is 0 Å². The number of hydrogen-bond acceptors (Lipinski definition) is 4. The molecule has 0 saturated heterocycles. The molecule has 1 atom stereocenters. The van der Waals surface area contributed by atoms with Gasteiger partial charge in [-0.3, -0.25) is 4.79 Å². The molecule has 0 radical (unpaired) electrons. The van der Waals surface area contributed by atoms with Crippen molar-refractivity contribution in [2.75, 3.05) is 13.7 Å². The number of nitrogens with zero attached hydrogens (tertiary/aromatic N) is 3. The van der Waals surface area contributed by atoms with Gasteiger partial charge in [0.15, 0.2) is 5.69 Å². The number of amides is 1. The van der Waals surface area contributed by atoms with Crippen LogP contribution in [0.25, 0.3) is 0 Å². The highest BCUT2D eigenvalue weighted by atomic mass is 16.5. The van der Waals surface area contributed by atoms with Crippen LogP contribution >= 0.6 is 0 Å². The molecule has 4 rings (SSSR count). The number of carbonyl (C=O) groups is 1. The van der Waals surface area contributed by atoms with Crippen LogP contribution in [0, 0.1) is 0 Å². The zero-order valence-corrected chi connectivity index (χ0v) is 15.1. The number of hydrogen-bond donors (Lipinski definition) is 1. The Labute approximate surface area is 153 Å². The minimum Gasteiger partial charge on any atom is -0.497 e. The van der Waals surface area contributed by atoms with Crippen molar-refractivity contribution in [3.63, 3.8) is 0 Å². The average molecular weight is 352 g/mol. The van der Waals surface area contributed by atoms with E-state index in [2.05, 4.69) is 27.5 Å². The van der Waals surface area contributed by atoms with Crippen molar-refractivity contribution in [2.24, 2.45) is 0 Å². The van der Waals surface area contributed by atoms with E-state index in [1.54, 1.807) is 12.7 Å². The Morgan fingerprint density at radius 2 is 2.04 bits per heavy atom. The molecule has 1 amide bonds. The summed E-state index contributed by atoms with van der Waals surface area (Å²) in [5.74, 6) is 0.819. The Bertz CT molecular complexity index is 796. The highest BCUT2D eigenvalue weighted by Gasteiger charge is 2.34. The van der Waals surface area contributed by atoms with Crippen molar-refractivity contribution < 1.29 is 9.53 Å². The summed E-state index contributed by atoms with van der Waals surface area (Å²) >= 11 is 0. The third-order valence-electron chi connectivity index (χ3n) is 5.54. The van der Waals surface area contributed by atoms with Crippen LogP contribution in [0.3, 0.4) is 0 Å². The first-order valence-corrected chi connectivity index (χ1v) is 9.26. The fourth-order valence-corrected chi connectivity index (χ4v) is 4.19. The number of carbonyl (C=O) groups excluding carboxylic acids is 1. The minimum absolute atomic E-state index is 0.0330. The molecule has 2 aromatic rings. The minimum atomic E-state index is -0.0330. The number of H-pyrrole nitrogens is 1. The van der Waals surface area contributed by atoms with Gasteiger partial charge in [-0.1, -0.05) is 17.7 Å². The predicted octanol–water partition coefficient (Wildman–Crippen LogP) is 3.14. The maximum Gasteiger partial charge on any atom is 0.276 e. The van der Waals surface area contributed by atoms with Gasteiger partial charge in [-0.05, 0) is 61.8 Å². The second-order valence-electron chi connectivity index (χ2n) is 7.01. The molecule has 0 saturated carbocycles. The summed E-state index contributed by atoms with van der Waals surface area (Å²) in [4.78, 5) is 15.0. The molecule has 26 heavy (non-hydrogen) atoms. The van der Waals surface area contributed by atoms with Crippen LogP contribution in [-0.4, -0.2) is 45.9 Å². The summed E-state index contributed by atoms with van der Waals surface area (Å²) < 4.78 is 5.26. The van der Waals surface area contributed by atoms with E-state index in [9.17, 15) is 4.79 Å². The van der Waals surface area contributed by atoms with Gasteiger partial charge in [-0.15, -0.1) is 0 Å². The van der Waals surface area contributed by atoms with E-state index in [4.69, 9.17) is 4.74 Å². The molecule has 0 fully saturated rings. The zero-order chi connectivity index (χ0) is 17.9. The molecule has 1 N–H and O–H groups in total. The third-order valence-corrected chi connectivity index (χ3v) is 5.54. The van der Waals surface area contributed by atoms with Crippen LogP contribution in [0.5, 0.6) is 5.75 Å². The van der Waals surface area contributed by atoms with Crippen molar-refractivity contribution in [3.8, 4) is 5.75 Å². The number of nitrogens with one attached hydrogen (secondary N) is 1. The number of benzene rings is 1. The molecular formula is C20H24N4O2. The van der Waals surface area contributed by atoms with Gasteiger partial charge in [0.1, 0.15) is 5.75 Å². The van der Waals surface area contributed by atoms with Crippen molar-refractivity contribution in [1.29, 1.82) is 0 Å². The van der Waals surface area contributed by atoms with Gasteiger partial charge in [0, 0.05) is 6.54 Å². The molecule has 0 bridgehead atoms. The fraction of sp³-hybridized carbons (Fsp3) is 0.450. The third kappa shape index (κ3) is 3.23. The van der Waals surface area contributed by atoms with E-state index < -0.39 is 0 Å². The Morgan fingerprint density at radius 1 is 1.23 bits per heavy atom. The molecule has 6 nitrogen and oxygen atoms in total. The topological polar surface area (TPSA) is 71.1 Å². The standard InChI is InChI=1S/C20H24N4O2/c1-26-16-8-6-14(7-9-16)12-19-17-5-3-2-4-15(17)10-11-24(19)20(25)18-13-21-23-22-18/h6-9,13,19H,2-5,10-12H2,1H3,(H,21,22,23)/t19-/m1/s1. The number of ether oxygens (including phenoxy) is 1. The van der Waals surface area contributed by atoms with E-state index >= 15 is 0 Å².